The normalized spacial score (nSPS) is 11.2. The highest BCUT2D eigenvalue weighted by Crippen LogP contribution is 2.22. The number of benzene rings is 1. The Morgan fingerprint density at radius 2 is 2.00 bits per heavy atom. The van der Waals surface area contributed by atoms with Crippen molar-refractivity contribution in [3.8, 4) is 11.5 Å². The minimum absolute atomic E-state index is 0.146. The Hall–Kier alpha value is -1.75. The molecule has 0 aliphatic heterocycles. The molecule has 1 rings (SSSR count). The van der Waals surface area contributed by atoms with E-state index >= 15 is 0 Å². The molecule has 17 heavy (non-hydrogen) atoms. The molecule has 0 unspecified atom stereocenters. The van der Waals surface area contributed by atoms with Crippen molar-refractivity contribution in [2.75, 3.05) is 34.3 Å². The van der Waals surface area contributed by atoms with Gasteiger partial charge < -0.3 is 19.4 Å². The van der Waals surface area contributed by atoms with E-state index in [1.807, 2.05) is 21.1 Å². The van der Waals surface area contributed by atoms with E-state index in [0.717, 1.165) is 11.0 Å². The van der Waals surface area contributed by atoms with Crippen molar-refractivity contribution in [1.29, 1.82) is 0 Å². The number of aromatic hydroxyl groups is 1. The van der Waals surface area contributed by atoms with Gasteiger partial charge in [-0.2, -0.15) is 0 Å². The van der Waals surface area contributed by atoms with Gasteiger partial charge in [-0.15, -0.1) is 0 Å². The lowest BCUT2D eigenvalue weighted by Crippen LogP contribution is -2.38. The van der Waals surface area contributed by atoms with Crippen LogP contribution >= 0.6 is 0 Å². The molecule has 0 saturated heterocycles. The van der Waals surface area contributed by atoms with E-state index in [-0.39, 0.29) is 11.3 Å². The number of carboxylic acids is 1. The molecule has 0 aliphatic rings. The summed E-state index contributed by atoms with van der Waals surface area (Å²) in [6, 6.07) is 4.20. The molecular formula is C12H18NO4+. The van der Waals surface area contributed by atoms with Gasteiger partial charge in [-0.25, -0.2) is 4.79 Å². The number of hydrogen-bond acceptors (Lipinski definition) is 3. The first-order chi connectivity index (χ1) is 7.79. The van der Waals surface area contributed by atoms with E-state index in [9.17, 15) is 9.90 Å². The Morgan fingerprint density at radius 1 is 1.35 bits per heavy atom. The molecule has 1 aromatic carbocycles. The zero-order valence-corrected chi connectivity index (χ0v) is 10.3. The summed E-state index contributed by atoms with van der Waals surface area (Å²) in [6.07, 6.45) is 0. The van der Waals surface area contributed by atoms with Crippen molar-refractivity contribution < 1.29 is 24.2 Å². The van der Waals surface area contributed by atoms with Crippen LogP contribution in [0, 0.1) is 0 Å². The van der Waals surface area contributed by atoms with Crippen LogP contribution in [0.3, 0.4) is 0 Å². The SMILES string of the molecule is C[N+](C)(C)CCOc1ccc(O)c(C(=O)O)c1. The van der Waals surface area contributed by atoms with Crippen LogP contribution in [0.5, 0.6) is 11.5 Å². The number of quaternary nitrogens is 1. The minimum Gasteiger partial charge on any atom is -0.507 e. The average Bonchev–Trinajstić information content (AvgIpc) is 2.18. The molecule has 0 spiro atoms. The predicted octanol–water partition coefficient (Wildman–Crippen LogP) is 1.18. The van der Waals surface area contributed by atoms with Crippen LogP contribution in [-0.4, -0.2) is 55.0 Å². The lowest BCUT2D eigenvalue weighted by molar-refractivity contribution is -0.870. The molecule has 5 heteroatoms. The van der Waals surface area contributed by atoms with Crippen molar-refractivity contribution >= 4 is 5.97 Å². The Morgan fingerprint density at radius 3 is 2.53 bits per heavy atom. The molecule has 0 heterocycles. The van der Waals surface area contributed by atoms with Crippen LogP contribution in [0.4, 0.5) is 0 Å². The van der Waals surface area contributed by atoms with Gasteiger partial charge in [0.15, 0.2) is 0 Å². The first kappa shape index (κ1) is 13.3. The lowest BCUT2D eigenvalue weighted by atomic mass is 10.2. The highest BCUT2D eigenvalue weighted by molar-refractivity contribution is 5.91. The van der Waals surface area contributed by atoms with Gasteiger partial charge in [0.1, 0.15) is 30.2 Å². The zero-order chi connectivity index (χ0) is 13.1. The number of phenols is 1. The molecule has 1 aromatic rings. The summed E-state index contributed by atoms with van der Waals surface area (Å²) >= 11 is 0. The van der Waals surface area contributed by atoms with Gasteiger partial charge in [-0.3, -0.25) is 0 Å². The first-order valence-corrected chi connectivity index (χ1v) is 5.29. The predicted molar refractivity (Wildman–Crippen MR) is 63.5 cm³/mol. The summed E-state index contributed by atoms with van der Waals surface area (Å²) in [6.45, 7) is 1.30. The number of likely N-dealkylation sites (N-methyl/N-ethyl adjacent to an activating group) is 1. The Balaban J connectivity index is 2.67. The highest BCUT2D eigenvalue weighted by Gasteiger charge is 2.11. The second kappa shape index (κ2) is 5.05. The standard InChI is InChI=1S/C12H17NO4/c1-13(2,3)6-7-17-9-4-5-11(14)10(8-9)12(15)16/h4-5,8H,6-7H2,1-3H3,(H-,14,15,16)/p+1. The van der Waals surface area contributed by atoms with Crippen molar-refractivity contribution in [3.63, 3.8) is 0 Å². The second-order valence-corrected chi connectivity index (χ2v) is 4.85. The smallest absolute Gasteiger partial charge is 0.339 e. The fraction of sp³-hybridized carbons (Fsp3) is 0.417. The number of nitrogens with zero attached hydrogens (tertiary/aromatic N) is 1. The molecule has 0 aliphatic carbocycles. The van der Waals surface area contributed by atoms with Crippen molar-refractivity contribution in [1.82, 2.24) is 0 Å². The van der Waals surface area contributed by atoms with E-state index in [4.69, 9.17) is 9.84 Å². The molecule has 0 bridgehead atoms. The number of rotatable bonds is 5. The monoisotopic (exact) mass is 240 g/mol. The molecule has 0 radical (unpaired) electrons. The maximum atomic E-state index is 10.8. The van der Waals surface area contributed by atoms with E-state index in [1.54, 1.807) is 6.07 Å². The number of ether oxygens (including phenoxy) is 1. The maximum absolute atomic E-state index is 10.8. The van der Waals surface area contributed by atoms with Gasteiger partial charge in [0.2, 0.25) is 0 Å². The Labute approximate surface area is 100 Å². The van der Waals surface area contributed by atoms with E-state index in [0.29, 0.717) is 12.4 Å². The van der Waals surface area contributed by atoms with Crippen LogP contribution in [0.2, 0.25) is 0 Å². The molecule has 2 N–H and O–H groups in total. The molecule has 0 amide bonds. The van der Waals surface area contributed by atoms with Gasteiger partial charge >= 0.3 is 5.97 Å². The Bertz CT molecular complexity index is 409. The summed E-state index contributed by atoms with van der Waals surface area (Å²) < 4.78 is 6.21. The largest absolute Gasteiger partial charge is 0.507 e. The van der Waals surface area contributed by atoms with E-state index in [1.165, 1.54) is 12.1 Å². The number of carboxylic acid groups (broad SMARTS) is 1. The van der Waals surface area contributed by atoms with Gasteiger partial charge in [0.25, 0.3) is 0 Å². The first-order valence-electron chi connectivity index (χ1n) is 5.29. The highest BCUT2D eigenvalue weighted by atomic mass is 16.5. The van der Waals surface area contributed by atoms with Crippen LogP contribution in [0.25, 0.3) is 0 Å². The average molecular weight is 240 g/mol. The summed E-state index contributed by atoms with van der Waals surface area (Å²) in [5.41, 5.74) is -0.146. The van der Waals surface area contributed by atoms with Crippen molar-refractivity contribution in [2.24, 2.45) is 0 Å². The molecule has 94 valence electrons. The van der Waals surface area contributed by atoms with Gasteiger partial charge in [0.05, 0.1) is 21.1 Å². The fourth-order valence-electron chi connectivity index (χ4n) is 1.21. The topological polar surface area (TPSA) is 66.8 Å². The number of carbonyl (C=O) groups is 1. The van der Waals surface area contributed by atoms with Crippen LogP contribution in [0.15, 0.2) is 18.2 Å². The van der Waals surface area contributed by atoms with Gasteiger partial charge in [-0.1, -0.05) is 0 Å². The van der Waals surface area contributed by atoms with Crippen molar-refractivity contribution in [3.05, 3.63) is 23.8 Å². The number of hydrogen-bond donors (Lipinski definition) is 2. The molecule has 0 saturated carbocycles. The summed E-state index contributed by atoms with van der Waals surface area (Å²) in [5, 5.41) is 18.1. The summed E-state index contributed by atoms with van der Waals surface area (Å²) in [7, 11) is 6.13. The van der Waals surface area contributed by atoms with Crippen molar-refractivity contribution in [2.45, 2.75) is 0 Å². The minimum atomic E-state index is -1.17. The third-order valence-corrected chi connectivity index (χ3v) is 2.23. The third kappa shape index (κ3) is 4.32. The van der Waals surface area contributed by atoms with E-state index < -0.39 is 5.97 Å². The quantitative estimate of drug-likeness (QED) is 0.758. The van der Waals surface area contributed by atoms with Crippen LogP contribution in [-0.2, 0) is 0 Å². The fourth-order valence-corrected chi connectivity index (χ4v) is 1.21. The van der Waals surface area contributed by atoms with Crippen LogP contribution in [0.1, 0.15) is 10.4 Å². The Kier molecular flexibility index (Phi) is 3.96. The molecule has 0 fully saturated rings. The summed E-state index contributed by atoms with van der Waals surface area (Å²) in [5.74, 6) is -0.968. The van der Waals surface area contributed by atoms with Crippen LogP contribution < -0.4 is 4.74 Å². The number of aromatic carboxylic acids is 1. The zero-order valence-electron chi connectivity index (χ0n) is 10.3. The third-order valence-electron chi connectivity index (χ3n) is 2.23. The molecular weight excluding hydrogens is 222 g/mol. The van der Waals surface area contributed by atoms with Gasteiger partial charge in [-0.05, 0) is 18.2 Å². The van der Waals surface area contributed by atoms with Gasteiger partial charge in [0, 0.05) is 0 Å². The molecule has 0 atom stereocenters. The second-order valence-electron chi connectivity index (χ2n) is 4.85. The lowest BCUT2D eigenvalue weighted by Gasteiger charge is -2.23. The summed E-state index contributed by atoms with van der Waals surface area (Å²) in [4.78, 5) is 10.8. The molecule has 5 nitrogen and oxygen atoms in total. The van der Waals surface area contributed by atoms with E-state index in [2.05, 4.69) is 0 Å². The molecule has 0 aromatic heterocycles. The maximum Gasteiger partial charge on any atom is 0.339 e.